The summed E-state index contributed by atoms with van der Waals surface area (Å²) in [5.74, 6) is 0.350. The Bertz CT molecular complexity index is 360. The zero-order valence-electron chi connectivity index (χ0n) is 11.1. The number of piperidine rings is 1. The molecule has 94 valence electrons. The first-order valence-electron chi connectivity index (χ1n) is 6.43. The van der Waals surface area contributed by atoms with E-state index in [0.29, 0.717) is 5.92 Å². The molecule has 1 saturated heterocycles. The molecule has 1 fully saturated rings. The summed E-state index contributed by atoms with van der Waals surface area (Å²) >= 11 is 0. The maximum atomic E-state index is 10.2. The van der Waals surface area contributed by atoms with Gasteiger partial charge in [0.25, 0.3) is 0 Å². The Morgan fingerprint density at radius 3 is 2.53 bits per heavy atom. The van der Waals surface area contributed by atoms with E-state index in [2.05, 4.69) is 56.0 Å². The standard InChI is InChI=1S/C15H23NO/c1-12-9-16(11-15(2,3)14(12)17)10-13-7-5-4-6-8-13/h4-8,12,14,17H,9-11H2,1-3H3. The highest BCUT2D eigenvalue weighted by Crippen LogP contribution is 2.33. The molecule has 1 aromatic carbocycles. The minimum atomic E-state index is -0.186. The third-order valence-corrected chi connectivity index (χ3v) is 3.77. The van der Waals surface area contributed by atoms with E-state index in [0.717, 1.165) is 19.6 Å². The molecule has 0 spiro atoms. The van der Waals surface area contributed by atoms with Gasteiger partial charge in [-0.15, -0.1) is 0 Å². The van der Waals surface area contributed by atoms with Gasteiger partial charge in [-0.2, -0.15) is 0 Å². The van der Waals surface area contributed by atoms with Crippen molar-refractivity contribution < 1.29 is 5.11 Å². The lowest BCUT2D eigenvalue weighted by Gasteiger charge is -2.45. The third kappa shape index (κ3) is 2.88. The highest BCUT2D eigenvalue weighted by Gasteiger charge is 2.38. The zero-order valence-corrected chi connectivity index (χ0v) is 11.1. The van der Waals surface area contributed by atoms with Gasteiger partial charge in [-0.05, 0) is 11.5 Å². The summed E-state index contributed by atoms with van der Waals surface area (Å²) in [5.41, 5.74) is 1.35. The van der Waals surface area contributed by atoms with Gasteiger partial charge in [-0.25, -0.2) is 0 Å². The monoisotopic (exact) mass is 233 g/mol. The summed E-state index contributed by atoms with van der Waals surface area (Å²) < 4.78 is 0. The van der Waals surface area contributed by atoms with Crippen molar-refractivity contribution in [3.63, 3.8) is 0 Å². The van der Waals surface area contributed by atoms with Crippen molar-refractivity contribution >= 4 is 0 Å². The summed E-state index contributed by atoms with van der Waals surface area (Å²) in [6, 6.07) is 10.6. The number of likely N-dealkylation sites (tertiary alicyclic amines) is 1. The van der Waals surface area contributed by atoms with Crippen molar-refractivity contribution in [2.45, 2.75) is 33.4 Å². The fourth-order valence-electron chi connectivity index (χ4n) is 2.97. The average molecular weight is 233 g/mol. The molecule has 2 rings (SSSR count). The highest BCUT2D eigenvalue weighted by atomic mass is 16.3. The molecule has 1 aliphatic heterocycles. The molecular weight excluding hydrogens is 210 g/mol. The molecule has 2 unspecified atom stereocenters. The van der Waals surface area contributed by atoms with Crippen molar-refractivity contribution in [2.75, 3.05) is 13.1 Å². The van der Waals surface area contributed by atoms with Gasteiger partial charge in [-0.1, -0.05) is 51.1 Å². The van der Waals surface area contributed by atoms with E-state index in [9.17, 15) is 5.11 Å². The first-order chi connectivity index (χ1) is 7.99. The van der Waals surface area contributed by atoms with Gasteiger partial charge in [0, 0.05) is 25.0 Å². The number of aliphatic hydroxyl groups is 1. The van der Waals surface area contributed by atoms with Gasteiger partial charge < -0.3 is 5.11 Å². The van der Waals surface area contributed by atoms with Crippen LogP contribution in [-0.2, 0) is 6.54 Å². The topological polar surface area (TPSA) is 23.5 Å². The molecule has 17 heavy (non-hydrogen) atoms. The summed E-state index contributed by atoms with van der Waals surface area (Å²) in [4.78, 5) is 2.45. The van der Waals surface area contributed by atoms with Gasteiger partial charge in [0.15, 0.2) is 0 Å². The molecule has 0 radical (unpaired) electrons. The quantitative estimate of drug-likeness (QED) is 0.848. The van der Waals surface area contributed by atoms with Crippen LogP contribution in [0.2, 0.25) is 0 Å². The Morgan fingerprint density at radius 2 is 1.94 bits per heavy atom. The predicted octanol–water partition coefficient (Wildman–Crippen LogP) is 2.53. The van der Waals surface area contributed by atoms with Crippen molar-refractivity contribution in [3.8, 4) is 0 Å². The minimum absolute atomic E-state index is 0.00749. The van der Waals surface area contributed by atoms with Gasteiger partial charge in [0.05, 0.1) is 6.10 Å². The van der Waals surface area contributed by atoms with E-state index in [4.69, 9.17) is 0 Å². The van der Waals surface area contributed by atoms with Crippen molar-refractivity contribution in [3.05, 3.63) is 35.9 Å². The second-order valence-electron chi connectivity index (χ2n) is 6.07. The maximum absolute atomic E-state index is 10.2. The lowest BCUT2D eigenvalue weighted by atomic mass is 9.76. The molecule has 0 bridgehead atoms. The predicted molar refractivity (Wildman–Crippen MR) is 70.7 cm³/mol. The number of hydrogen-bond acceptors (Lipinski definition) is 2. The molecule has 0 saturated carbocycles. The highest BCUT2D eigenvalue weighted by molar-refractivity contribution is 5.14. The normalized spacial score (nSPS) is 29.2. The molecule has 2 heteroatoms. The van der Waals surface area contributed by atoms with Crippen LogP contribution in [0, 0.1) is 11.3 Å². The SMILES string of the molecule is CC1CN(Cc2ccccc2)CC(C)(C)C1O. The number of benzene rings is 1. The summed E-state index contributed by atoms with van der Waals surface area (Å²) in [6.45, 7) is 9.40. The van der Waals surface area contributed by atoms with Gasteiger partial charge in [-0.3, -0.25) is 4.90 Å². The van der Waals surface area contributed by atoms with Crippen LogP contribution in [0.1, 0.15) is 26.3 Å². The van der Waals surface area contributed by atoms with E-state index < -0.39 is 0 Å². The smallest absolute Gasteiger partial charge is 0.0641 e. The number of rotatable bonds is 2. The molecule has 0 amide bonds. The van der Waals surface area contributed by atoms with Crippen LogP contribution >= 0.6 is 0 Å². The minimum Gasteiger partial charge on any atom is -0.392 e. The first-order valence-corrected chi connectivity index (χ1v) is 6.43. The Labute approximate surface area is 104 Å². The molecule has 1 aromatic rings. The van der Waals surface area contributed by atoms with Gasteiger partial charge in [0.2, 0.25) is 0 Å². The first kappa shape index (κ1) is 12.6. The lowest BCUT2D eigenvalue weighted by molar-refractivity contribution is -0.0637. The molecule has 2 atom stereocenters. The van der Waals surface area contributed by atoms with E-state index in [-0.39, 0.29) is 11.5 Å². The van der Waals surface area contributed by atoms with Crippen molar-refractivity contribution in [2.24, 2.45) is 11.3 Å². The van der Waals surface area contributed by atoms with Gasteiger partial charge in [0.1, 0.15) is 0 Å². The van der Waals surface area contributed by atoms with Crippen LogP contribution in [0.25, 0.3) is 0 Å². The second-order valence-corrected chi connectivity index (χ2v) is 6.07. The van der Waals surface area contributed by atoms with Crippen molar-refractivity contribution in [1.82, 2.24) is 4.90 Å². The number of aliphatic hydroxyl groups excluding tert-OH is 1. The van der Waals surface area contributed by atoms with E-state index in [1.54, 1.807) is 0 Å². The Balaban J connectivity index is 2.04. The molecule has 1 N–H and O–H groups in total. The van der Waals surface area contributed by atoms with E-state index in [1.807, 2.05) is 0 Å². The largest absolute Gasteiger partial charge is 0.392 e. The summed E-state index contributed by atoms with van der Waals surface area (Å²) in [5, 5.41) is 10.2. The Kier molecular flexibility index (Phi) is 3.55. The van der Waals surface area contributed by atoms with Crippen LogP contribution < -0.4 is 0 Å². The second kappa shape index (κ2) is 4.79. The third-order valence-electron chi connectivity index (χ3n) is 3.77. The Morgan fingerprint density at radius 1 is 1.29 bits per heavy atom. The zero-order chi connectivity index (χ0) is 12.5. The molecule has 2 nitrogen and oxygen atoms in total. The average Bonchev–Trinajstić information content (AvgIpc) is 2.27. The number of nitrogens with zero attached hydrogens (tertiary/aromatic N) is 1. The molecule has 0 aliphatic carbocycles. The lowest BCUT2D eigenvalue weighted by Crippen LogP contribution is -2.52. The van der Waals surface area contributed by atoms with Gasteiger partial charge >= 0.3 is 0 Å². The maximum Gasteiger partial charge on any atom is 0.0641 e. The molecule has 0 aromatic heterocycles. The molecule has 1 heterocycles. The van der Waals surface area contributed by atoms with Crippen molar-refractivity contribution in [1.29, 1.82) is 0 Å². The van der Waals surface area contributed by atoms with Crippen LogP contribution in [0.5, 0.6) is 0 Å². The number of hydrogen-bond donors (Lipinski definition) is 1. The Hall–Kier alpha value is -0.860. The molecule has 1 aliphatic rings. The van der Waals surface area contributed by atoms with Crippen LogP contribution in [0.4, 0.5) is 0 Å². The van der Waals surface area contributed by atoms with E-state index in [1.165, 1.54) is 5.56 Å². The van der Waals surface area contributed by atoms with Crippen LogP contribution in [-0.4, -0.2) is 29.2 Å². The van der Waals surface area contributed by atoms with Crippen LogP contribution in [0.15, 0.2) is 30.3 Å². The fraction of sp³-hybridized carbons (Fsp3) is 0.600. The summed E-state index contributed by atoms with van der Waals surface area (Å²) in [6.07, 6.45) is -0.186. The molecular formula is C15H23NO. The van der Waals surface area contributed by atoms with Crippen LogP contribution in [0.3, 0.4) is 0 Å². The summed E-state index contributed by atoms with van der Waals surface area (Å²) in [7, 11) is 0. The van der Waals surface area contributed by atoms with E-state index >= 15 is 0 Å². The fourth-order valence-corrected chi connectivity index (χ4v) is 2.97.